The number of nitro benzene ring substituents is 1. The molecule has 0 unspecified atom stereocenters. The van der Waals surface area contributed by atoms with Gasteiger partial charge in [-0.05, 0) is 54.2 Å². The first-order chi connectivity index (χ1) is 14.2. The Balaban J connectivity index is 1.91. The number of carbonyl (C=O) groups is 2. The second-order valence-electron chi connectivity index (χ2n) is 6.47. The molecule has 0 fully saturated rings. The highest BCUT2D eigenvalue weighted by Crippen LogP contribution is 2.25. The van der Waals surface area contributed by atoms with Crippen LogP contribution in [-0.4, -0.2) is 21.9 Å². The number of anilines is 2. The molecule has 0 atom stereocenters. The van der Waals surface area contributed by atoms with E-state index in [0.717, 1.165) is 0 Å². The molecule has 2 aromatic carbocycles. The number of benzene rings is 2. The number of hydrogen-bond donors (Lipinski definition) is 3. The molecule has 0 aliphatic rings. The van der Waals surface area contributed by atoms with E-state index >= 15 is 0 Å². The summed E-state index contributed by atoms with van der Waals surface area (Å²) in [5.41, 5.74) is 1.47. The molecule has 2 amide bonds. The standard InChI is InChI=1S/C20H19ClN4O4S/c1-12(2)19(27)22-14-5-7-15(8-6-14)23-20(30)24-18(26)10-4-13-3-9-16(21)17(11-13)25(28)29/h3-12H,1-2H3,(H,22,27)(H2,23,24,26,30)/b10-4-. The zero-order chi connectivity index (χ0) is 22.3. The van der Waals surface area contributed by atoms with Crippen molar-refractivity contribution in [2.75, 3.05) is 10.6 Å². The van der Waals surface area contributed by atoms with E-state index in [9.17, 15) is 19.7 Å². The highest BCUT2D eigenvalue weighted by atomic mass is 35.5. The van der Waals surface area contributed by atoms with Gasteiger partial charge in [0.05, 0.1) is 4.92 Å². The van der Waals surface area contributed by atoms with Crippen molar-refractivity contribution in [1.29, 1.82) is 0 Å². The van der Waals surface area contributed by atoms with Gasteiger partial charge < -0.3 is 10.6 Å². The fraction of sp³-hybridized carbons (Fsp3) is 0.150. The zero-order valence-electron chi connectivity index (χ0n) is 16.1. The van der Waals surface area contributed by atoms with Gasteiger partial charge in [0.1, 0.15) is 5.02 Å². The summed E-state index contributed by atoms with van der Waals surface area (Å²) in [4.78, 5) is 34.0. The van der Waals surface area contributed by atoms with Crippen LogP contribution in [0.2, 0.25) is 5.02 Å². The lowest BCUT2D eigenvalue weighted by Gasteiger charge is -2.10. The van der Waals surface area contributed by atoms with Crippen LogP contribution in [0.15, 0.2) is 48.5 Å². The number of hydrogen-bond acceptors (Lipinski definition) is 5. The second-order valence-corrected chi connectivity index (χ2v) is 7.28. The van der Waals surface area contributed by atoms with Gasteiger partial charge in [0, 0.05) is 29.4 Å². The fourth-order valence-corrected chi connectivity index (χ4v) is 2.59. The number of thiocarbonyl (C=S) groups is 1. The molecule has 8 nitrogen and oxygen atoms in total. The molecule has 0 aromatic heterocycles. The maximum atomic E-state index is 12.0. The predicted molar refractivity (Wildman–Crippen MR) is 121 cm³/mol. The Kier molecular flexibility index (Phi) is 8.02. The van der Waals surface area contributed by atoms with Gasteiger partial charge in [-0.2, -0.15) is 0 Å². The summed E-state index contributed by atoms with van der Waals surface area (Å²) in [6.07, 6.45) is 2.61. The van der Waals surface area contributed by atoms with E-state index in [2.05, 4.69) is 16.0 Å². The average Bonchev–Trinajstić information content (AvgIpc) is 2.68. The number of nitrogens with zero attached hydrogens (tertiary/aromatic N) is 1. The summed E-state index contributed by atoms with van der Waals surface area (Å²) in [6.45, 7) is 3.60. The molecular weight excluding hydrogens is 428 g/mol. The van der Waals surface area contributed by atoms with Crippen molar-refractivity contribution in [3.05, 3.63) is 69.2 Å². The Morgan fingerprint density at radius 2 is 1.70 bits per heavy atom. The van der Waals surface area contributed by atoms with Crippen LogP contribution in [0.4, 0.5) is 17.1 Å². The normalized spacial score (nSPS) is 10.7. The van der Waals surface area contributed by atoms with E-state index in [4.69, 9.17) is 23.8 Å². The van der Waals surface area contributed by atoms with Gasteiger partial charge in [0.25, 0.3) is 5.69 Å². The topological polar surface area (TPSA) is 113 Å². The lowest BCUT2D eigenvalue weighted by atomic mass is 10.2. The van der Waals surface area contributed by atoms with Crippen LogP contribution in [0.25, 0.3) is 6.08 Å². The van der Waals surface area contributed by atoms with Crippen LogP contribution in [0.5, 0.6) is 0 Å². The van der Waals surface area contributed by atoms with Crippen LogP contribution in [-0.2, 0) is 9.59 Å². The monoisotopic (exact) mass is 446 g/mol. The van der Waals surface area contributed by atoms with E-state index in [1.54, 1.807) is 44.2 Å². The second kappa shape index (κ2) is 10.5. The summed E-state index contributed by atoms with van der Waals surface area (Å²) in [5.74, 6) is -0.722. The van der Waals surface area contributed by atoms with Crippen molar-refractivity contribution in [2.45, 2.75) is 13.8 Å². The van der Waals surface area contributed by atoms with Crippen molar-refractivity contribution >= 4 is 63.9 Å². The van der Waals surface area contributed by atoms with E-state index < -0.39 is 10.8 Å². The summed E-state index contributed by atoms with van der Waals surface area (Å²) in [6, 6.07) is 11.0. The highest BCUT2D eigenvalue weighted by molar-refractivity contribution is 7.80. The molecule has 10 heteroatoms. The minimum absolute atomic E-state index is 0.0155. The van der Waals surface area contributed by atoms with Gasteiger partial charge in [-0.25, -0.2) is 0 Å². The van der Waals surface area contributed by atoms with Crippen LogP contribution in [0, 0.1) is 16.0 Å². The molecule has 0 spiro atoms. The lowest BCUT2D eigenvalue weighted by Crippen LogP contribution is -2.32. The molecule has 156 valence electrons. The minimum Gasteiger partial charge on any atom is -0.332 e. The maximum Gasteiger partial charge on any atom is 0.288 e. The Hall–Kier alpha value is -3.30. The first kappa shape index (κ1) is 23.0. The first-order valence-electron chi connectivity index (χ1n) is 8.80. The zero-order valence-corrected chi connectivity index (χ0v) is 17.7. The lowest BCUT2D eigenvalue weighted by molar-refractivity contribution is -0.384. The molecule has 30 heavy (non-hydrogen) atoms. The van der Waals surface area contributed by atoms with Crippen molar-refractivity contribution < 1.29 is 14.5 Å². The number of carbonyl (C=O) groups excluding carboxylic acids is 2. The summed E-state index contributed by atoms with van der Waals surface area (Å²) >= 11 is 10.9. The van der Waals surface area contributed by atoms with Gasteiger partial charge in [0.15, 0.2) is 5.11 Å². The Morgan fingerprint density at radius 3 is 2.27 bits per heavy atom. The molecule has 0 saturated carbocycles. The maximum absolute atomic E-state index is 12.0. The van der Waals surface area contributed by atoms with Crippen molar-refractivity contribution in [3.8, 4) is 0 Å². The predicted octanol–water partition coefficient (Wildman–Crippen LogP) is 4.37. The van der Waals surface area contributed by atoms with E-state index in [1.165, 1.54) is 24.3 Å². The van der Waals surface area contributed by atoms with E-state index in [-0.39, 0.29) is 27.6 Å². The van der Waals surface area contributed by atoms with E-state index in [1.807, 2.05) is 0 Å². The molecule has 0 saturated heterocycles. The summed E-state index contributed by atoms with van der Waals surface area (Å²) < 4.78 is 0. The Labute approximate surface area is 183 Å². The van der Waals surface area contributed by atoms with Crippen LogP contribution in [0.3, 0.4) is 0 Å². The van der Waals surface area contributed by atoms with Crippen LogP contribution in [0.1, 0.15) is 19.4 Å². The minimum atomic E-state index is -0.599. The third kappa shape index (κ3) is 6.94. The van der Waals surface area contributed by atoms with Gasteiger partial charge >= 0.3 is 0 Å². The molecule has 0 radical (unpaired) electrons. The first-order valence-corrected chi connectivity index (χ1v) is 9.59. The van der Waals surface area contributed by atoms with E-state index in [0.29, 0.717) is 16.9 Å². The van der Waals surface area contributed by atoms with Crippen molar-refractivity contribution in [2.24, 2.45) is 5.92 Å². The molecule has 0 aliphatic carbocycles. The molecule has 0 heterocycles. The molecular formula is C20H19ClN4O4S. The number of halogens is 1. The molecule has 3 N–H and O–H groups in total. The Morgan fingerprint density at radius 1 is 1.10 bits per heavy atom. The van der Waals surface area contributed by atoms with Crippen molar-refractivity contribution in [1.82, 2.24) is 5.32 Å². The van der Waals surface area contributed by atoms with Gasteiger partial charge in [0.2, 0.25) is 11.8 Å². The third-order valence-corrected chi connectivity index (χ3v) is 4.29. The molecule has 0 bridgehead atoms. The van der Waals surface area contributed by atoms with Crippen LogP contribution < -0.4 is 16.0 Å². The fourth-order valence-electron chi connectivity index (χ4n) is 2.18. The third-order valence-electron chi connectivity index (χ3n) is 3.77. The molecule has 2 rings (SSSR count). The highest BCUT2D eigenvalue weighted by Gasteiger charge is 2.12. The molecule has 0 aliphatic heterocycles. The van der Waals surface area contributed by atoms with Gasteiger partial charge in [-0.3, -0.25) is 25.0 Å². The van der Waals surface area contributed by atoms with Gasteiger partial charge in [-0.15, -0.1) is 0 Å². The van der Waals surface area contributed by atoms with Crippen molar-refractivity contribution in [3.63, 3.8) is 0 Å². The van der Waals surface area contributed by atoms with Crippen LogP contribution >= 0.6 is 23.8 Å². The SMILES string of the molecule is CC(C)C(=O)Nc1ccc(NC(=S)NC(=O)/C=C\c2ccc(Cl)c([N+](=O)[O-])c2)cc1. The molecule has 2 aromatic rings. The average molecular weight is 447 g/mol. The summed E-state index contributed by atoms with van der Waals surface area (Å²) in [7, 11) is 0. The number of nitrogens with one attached hydrogen (secondary N) is 3. The number of nitro groups is 1. The number of rotatable bonds is 6. The number of amides is 2. The smallest absolute Gasteiger partial charge is 0.288 e. The quantitative estimate of drug-likeness (QED) is 0.263. The Bertz CT molecular complexity index is 1010. The largest absolute Gasteiger partial charge is 0.332 e. The van der Waals surface area contributed by atoms with Gasteiger partial charge in [-0.1, -0.05) is 31.5 Å². The summed E-state index contributed by atoms with van der Waals surface area (Å²) in [5, 5.41) is 19.1.